The summed E-state index contributed by atoms with van der Waals surface area (Å²) in [5, 5.41) is 0. The predicted octanol–water partition coefficient (Wildman–Crippen LogP) is 3.70. The highest BCUT2D eigenvalue weighted by Gasteiger charge is 2.58. The van der Waals surface area contributed by atoms with Gasteiger partial charge in [-0.2, -0.15) is 0 Å². The summed E-state index contributed by atoms with van der Waals surface area (Å²) in [7, 11) is 0. The van der Waals surface area contributed by atoms with Crippen molar-refractivity contribution < 1.29 is 4.79 Å². The van der Waals surface area contributed by atoms with Crippen LogP contribution >= 0.6 is 0 Å². The van der Waals surface area contributed by atoms with Gasteiger partial charge in [-0.05, 0) is 66.6 Å². The molecule has 0 aromatic rings. The third-order valence-corrected chi connectivity index (χ3v) is 8.07. The first-order valence-corrected chi connectivity index (χ1v) is 8.91. The van der Waals surface area contributed by atoms with Crippen molar-refractivity contribution in [2.75, 3.05) is 0 Å². The molecule has 4 aliphatic rings. The number of hydrogen-bond acceptors (Lipinski definition) is 2. The number of carbonyl (C=O) groups is 1. The fraction of sp³-hybridized carbons (Fsp3) is 0.842. The molecule has 3 fully saturated rings. The normalized spacial score (nSPS) is 55.8. The van der Waals surface area contributed by atoms with Crippen LogP contribution in [0.15, 0.2) is 12.2 Å². The zero-order valence-electron chi connectivity index (χ0n) is 13.5. The zero-order valence-corrected chi connectivity index (χ0v) is 13.5. The summed E-state index contributed by atoms with van der Waals surface area (Å²) in [6, 6.07) is 0.252. The van der Waals surface area contributed by atoms with Crippen LogP contribution in [0.3, 0.4) is 0 Å². The third kappa shape index (κ3) is 1.78. The van der Waals surface area contributed by atoms with E-state index in [9.17, 15) is 4.79 Å². The molecule has 21 heavy (non-hydrogen) atoms. The highest BCUT2D eigenvalue weighted by molar-refractivity contribution is 5.79. The second-order valence-electron chi connectivity index (χ2n) is 8.77. The number of ketones is 1. The number of rotatable bonds is 0. The van der Waals surface area contributed by atoms with Crippen LogP contribution < -0.4 is 5.73 Å². The largest absolute Gasteiger partial charge is 0.324 e. The lowest BCUT2D eigenvalue weighted by molar-refractivity contribution is -0.136. The summed E-state index contributed by atoms with van der Waals surface area (Å²) in [4.78, 5) is 11.9. The zero-order chi connectivity index (χ0) is 14.8. The van der Waals surface area contributed by atoms with Gasteiger partial charge in [-0.15, -0.1) is 0 Å². The minimum Gasteiger partial charge on any atom is -0.324 e. The lowest BCUT2D eigenvalue weighted by Crippen LogP contribution is -2.55. The van der Waals surface area contributed by atoms with Gasteiger partial charge in [-0.25, -0.2) is 0 Å². The van der Waals surface area contributed by atoms with Gasteiger partial charge in [0.2, 0.25) is 0 Å². The van der Waals surface area contributed by atoms with Crippen LogP contribution in [0.1, 0.15) is 58.8 Å². The maximum absolute atomic E-state index is 11.9. The smallest absolute Gasteiger partial charge is 0.133 e. The molecule has 0 saturated heterocycles. The minimum absolute atomic E-state index is 0.252. The van der Waals surface area contributed by atoms with E-state index in [1.807, 2.05) is 0 Å². The lowest BCUT2D eigenvalue weighted by atomic mass is 9.45. The Morgan fingerprint density at radius 1 is 1.10 bits per heavy atom. The van der Waals surface area contributed by atoms with E-state index in [4.69, 9.17) is 5.73 Å². The van der Waals surface area contributed by atoms with Gasteiger partial charge in [0.15, 0.2) is 0 Å². The summed E-state index contributed by atoms with van der Waals surface area (Å²) in [5.41, 5.74) is 7.11. The number of allylic oxidation sites excluding steroid dienone is 1. The second kappa shape index (κ2) is 4.44. The van der Waals surface area contributed by atoms with E-state index in [-0.39, 0.29) is 6.04 Å². The van der Waals surface area contributed by atoms with Gasteiger partial charge in [-0.1, -0.05) is 26.0 Å². The van der Waals surface area contributed by atoms with Crippen LogP contribution in [-0.2, 0) is 4.79 Å². The molecule has 116 valence electrons. The molecule has 2 unspecified atom stereocenters. The van der Waals surface area contributed by atoms with Crippen LogP contribution in [0.4, 0.5) is 0 Å². The first kappa shape index (κ1) is 14.0. The summed E-state index contributed by atoms with van der Waals surface area (Å²) >= 11 is 0. The third-order valence-electron chi connectivity index (χ3n) is 8.07. The molecule has 0 bridgehead atoms. The van der Waals surface area contributed by atoms with Crippen LogP contribution in [0.5, 0.6) is 0 Å². The van der Waals surface area contributed by atoms with Crippen LogP contribution in [0.25, 0.3) is 0 Å². The summed E-state index contributed by atoms with van der Waals surface area (Å²) in [6.07, 6.45) is 12.7. The van der Waals surface area contributed by atoms with Crippen molar-refractivity contribution in [1.29, 1.82) is 0 Å². The summed E-state index contributed by atoms with van der Waals surface area (Å²) in [5.74, 6) is 3.48. The van der Waals surface area contributed by atoms with Crippen molar-refractivity contribution in [2.45, 2.75) is 64.8 Å². The van der Waals surface area contributed by atoms with Gasteiger partial charge in [-0.3, -0.25) is 4.79 Å². The molecule has 0 aliphatic heterocycles. The molecule has 7 atom stereocenters. The van der Waals surface area contributed by atoms with Crippen molar-refractivity contribution in [3.8, 4) is 0 Å². The Kier molecular flexibility index (Phi) is 2.96. The van der Waals surface area contributed by atoms with E-state index in [1.54, 1.807) is 0 Å². The minimum atomic E-state index is 0.252. The van der Waals surface area contributed by atoms with Crippen LogP contribution in [-0.4, -0.2) is 11.8 Å². The Morgan fingerprint density at radius 3 is 2.71 bits per heavy atom. The Hall–Kier alpha value is -0.630. The van der Waals surface area contributed by atoms with E-state index in [2.05, 4.69) is 26.0 Å². The molecule has 3 saturated carbocycles. The molecule has 0 heterocycles. The monoisotopic (exact) mass is 287 g/mol. The van der Waals surface area contributed by atoms with E-state index < -0.39 is 0 Å². The van der Waals surface area contributed by atoms with Gasteiger partial charge >= 0.3 is 0 Å². The molecular formula is C19H29NO. The average Bonchev–Trinajstić information content (AvgIpc) is 2.76. The first-order valence-electron chi connectivity index (χ1n) is 8.91. The highest BCUT2D eigenvalue weighted by atomic mass is 16.1. The Labute approximate surface area is 128 Å². The summed E-state index contributed by atoms with van der Waals surface area (Å²) < 4.78 is 0. The standard InChI is InChI=1S/C19H29NO/c1-18-9-7-13(21)11-12(18)3-4-14-15-5-6-17(20)19(15,2)10-8-16(14)18/h5-6,12,14-17H,3-4,7-11,20H2,1-2H3/t12?,14-,15-,16+,17?,18-,19-/m0/s1. The van der Waals surface area contributed by atoms with Gasteiger partial charge in [0.05, 0.1) is 0 Å². The molecule has 0 aromatic heterocycles. The molecule has 0 aromatic carbocycles. The number of hydrogen-bond donors (Lipinski definition) is 1. The van der Waals surface area contributed by atoms with E-state index >= 15 is 0 Å². The van der Waals surface area contributed by atoms with Gasteiger partial charge in [0.25, 0.3) is 0 Å². The molecule has 0 amide bonds. The molecule has 2 N–H and O–H groups in total. The molecule has 2 heteroatoms. The Morgan fingerprint density at radius 2 is 1.90 bits per heavy atom. The number of nitrogens with two attached hydrogens (primary N) is 1. The molecule has 0 spiro atoms. The predicted molar refractivity (Wildman–Crippen MR) is 84.6 cm³/mol. The Bertz CT molecular complexity index is 498. The maximum atomic E-state index is 11.9. The van der Waals surface area contributed by atoms with Crippen LogP contribution in [0, 0.1) is 34.5 Å². The Balaban J connectivity index is 1.65. The topological polar surface area (TPSA) is 43.1 Å². The lowest BCUT2D eigenvalue weighted by Gasteiger charge is -2.60. The molecule has 0 radical (unpaired) electrons. The van der Waals surface area contributed by atoms with Crippen LogP contribution in [0.2, 0.25) is 0 Å². The van der Waals surface area contributed by atoms with Gasteiger partial charge in [0, 0.05) is 18.9 Å². The van der Waals surface area contributed by atoms with E-state index in [0.29, 0.717) is 28.4 Å². The fourth-order valence-corrected chi connectivity index (χ4v) is 6.53. The van der Waals surface area contributed by atoms with Crippen molar-refractivity contribution in [3.05, 3.63) is 12.2 Å². The maximum Gasteiger partial charge on any atom is 0.133 e. The van der Waals surface area contributed by atoms with Gasteiger partial charge in [0.1, 0.15) is 5.78 Å². The van der Waals surface area contributed by atoms with Crippen molar-refractivity contribution in [1.82, 2.24) is 0 Å². The van der Waals surface area contributed by atoms with Crippen molar-refractivity contribution in [3.63, 3.8) is 0 Å². The fourth-order valence-electron chi connectivity index (χ4n) is 6.53. The quantitative estimate of drug-likeness (QED) is 0.690. The highest BCUT2D eigenvalue weighted by Crippen LogP contribution is 2.64. The molecule has 2 nitrogen and oxygen atoms in total. The van der Waals surface area contributed by atoms with Crippen molar-refractivity contribution in [2.24, 2.45) is 40.2 Å². The number of Topliss-reactive ketones (excluding diaryl/α,β-unsaturated/α-hetero) is 1. The number of carbonyl (C=O) groups excluding carboxylic acids is 1. The molecule has 4 aliphatic carbocycles. The molecular weight excluding hydrogens is 258 g/mol. The van der Waals surface area contributed by atoms with E-state index in [1.165, 1.54) is 25.7 Å². The SMILES string of the molecule is C[C@]12CCC(=O)CC1CC[C@@H]1[C@H]2CC[C@]2(C)C(N)C=C[C@@H]12. The van der Waals surface area contributed by atoms with E-state index in [0.717, 1.165) is 31.1 Å². The first-order chi connectivity index (χ1) is 9.95. The van der Waals surface area contributed by atoms with Crippen molar-refractivity contribution >= 4 is 5.78 Å². The average molecular weight is 287 g/mol. The molecule has 4 rings (SSSR count). The summed E-state index contributed by atoms with van der Waals surface area (Å²) in [6.45, 7) is 4.92. The second-order valence-corrected chi connectivity index (χ2v) is 8.77. The van der Waals surface area contributed by atoms with Gasteiger partial charge < -0.3 is 5.73 Å². The number of fused-ring (bicyclic) bond motifs is 5.